The molecule has 0 bridgehead atoms. The van der Waals surface area contributed by atoms with Crippen molar-refractivity contribution in [1.82, 2.24) is 10.3 Å². The summed E-state index contributed by atoms with van der Waals surface area (Å²) in [6, 6.07) is 3.16. The molecule has 0 aliphatic rings. The molecule has 2 aromatic rings. The summed E-state index contributed by atoms with van der Waals surface area (Å²) in [5.74, 6) is 1.00. The van der Waals surface area contributed by atoms with E-state index in [1.54, 1.807) is 26.0 Å². The number of nitrogens with zero attached hydrogens (tertiary/aromatic N) is 3. The van der Waals surface area contributed by atoms with Crippen molar-refractivity contribution in [3.8, 4) is 0 Å². The molecule has 2 heterocycles. The monoisotopic (exact) mass is 278 g/mol. The van der Waals surface area contributed by atoms with Gasteiger partial charge >= 0.3 is 0 Å². The van der Waals surface area contributed by atoms with Crippen LogP contribution in [0.25, 0.3) is 0 Å². The maximum absolute atomic E-state index is 11.9. The molecule has 8 heteroatoms. The summed E-state index contributed by atoms with van der Waals surface area (Å²) in [5, 5.41) is 9.89. The van der Waals surface area contributed by atoms with E-state index >= 15 is 0 Å². The van der Waals surface area contributed by atoms with Crippen LogP contribution >= 0.6 is 0 Å². The molecule has 1 N–H and O–H groups in total. The van der Waals surface area contributed by atoms with Crippen molar-refractivity contribution >= 4 is 23.5 Å². The average molecular weight is 278 g/mol. The number of hydrogen-bond donors (Lipinski definition) is 1. The van der Waals surface area contributed by atoms with Crippen molar-refractivity contribution in [2.45, 2.75) is 20.8 Å². The van der Waals surface area contributed by atoms with Gasteiger partial charge in [0, 0.05) is 19.1 Å². The van der Waals surface area contributed by atoms with Gasteiger partial charge in [0.25, 0.3) is 0 Å². The Morgan fingerprint density at radius 3 is 2.35 bits per heavy atom. The van der Waals surface area contributed by atoms with E-state index in [2.05, 4.69) is 15.6 Å². The normalized spacial score (nSPS) is 10.3. The first kappa shape index (κ1) is 13.8. The molecule has 2 amide bonds. The zero-order chi connectivity index (χ0) is 14.7. The van der Waals surface area contributed by atoms with Crippen molar-refractivity contribution in [1.29, 1.82) is 0 Å². The Morgan fingerprint density at radius 1 is 1.20 bits per heavy atom. The van der Waals surface area contributed by atoms with E-state index in [0.29, 0.717) is 23.2 Å². The smallest absolute Gasteiger partial charge is 0.245 e. The summed E-state index contributed by atoms with van der Waals surface area (Å²) in [4.78, 5) is 24.7. The van der Waals surface area contributed by atoms with Crippen LogP contribution < -0.4 is 10.2 Å². The number of amides is 2. The molecule has 0 aliphatic carbocycles. The van der Waals surface area contributed by atoms with Gasteiger partial charge in [-0.25, -0.2) is 0 Å². The molecule has 106 valence electrons. The number of anilines is 2. The molecule has 0 aromatic carbocycles. The molecule has 0 aliphatic heterocycles. The Labute approximate surface area is 114 Å². The van der Waals surface area contributed by atoms with Gasteiger partial charge in [0.1, 0.15) is 18.1 Å². The molecule has 0 unspecified atom stereocenters. The molecule has 8 nitrogen and oxygen atoms in total. The van der Waals surface area contributed by atoms with Crippen LogP contribution in [-0.4, -0.2) is 28.7 Å². The van der Waals surface area contributed by atoms with Gasteiger partial charge in [-0.3, -0.25) is 14.5 Å². The van der Waals surface area contributed by atoms with Crippen LogP contribution in [0.4, 0.5) is 11.6 Å². The number of hydrogen-bond acceptors (Lipinski definition) is 6. The highest BCUT2D eigenvalue weighted by Gasteiger charge is 2.19. The van der Waals surface area contributed by atoms with Crippen LogP contribution in [0.3, 0.4) is 0 Å². The van der Waals surface area contributed by atoms with Gasteiger partial charge in [-0.05, 0) is 13.8 Å². The number of rotatable bonds is 4. The van der Waals surface area contributed by atoms with E-state index in [0.717, 1.165) is 0 Å². The topological polar surface area (TPSA) is 101 Å². The minimum absolute atomic E-state index is 0.187. The molecule has 0 spiro atoms. The first-order chi connectivity index (χ1) is 9.45. The van der Waals surface area contributed by atoms with Gasteiger partial charge in [-0.1, -0.05) is 10.3 Å². The van der Waals surface area contributed by atoms with Crippen molar-refractivity contribution < 1.29 is 18.6 Å². The van der Waals surface area contributed by atoms with Crippen LogP contribution in [0.15, 0.2) is 21.2 Å². The fourth-order valence-electron chi connectivity index (χ4n) is 1.59. The van der Waals surface area contributed by atoms with E-state index in [-0.39, 0.29) is 12.5 Å². The van der Waals surface area contributed by atoms with Crippen molar-refractivity contribution in [2.75, 3.05) is 16.8 Å². The van der Waals surface area contributed by atoms with Crippen LogP contribution in [0.5, 0.6) is 0 Å². The number of nitrogens with one attached hydrogen (secondary N) is 1. The molecule has 20 heavy (non-hydrogen) atoms. The highest BCUT2D eigenvalue weighted by molar-refractivity contribution is 6.00. The Hall–Kier alpha value is -2.64. The maximum atomic E-state index is 11.9. The highest BCUT2D eigenvalue weighted by atomic mass is 16.5. The van der Waals surface area contributed by atoms with Crippen LogP contribution in [-0.2, 0) is 9.59 Å². The predicted molar refractivity (Wildman–Crippen MR) is 69.1 cm³/mol. The van der Waals surface area contributed by atoms with E-state index in [9.17, 15) is 9.59 Å². The predicted octanol–water partition coefficient (Wildman–Crippen LogP) is 1.27. The molecule has 2 aromatic heterocycles. The second-order valence-electron chi connectivity index (χ2n) is 4.27. The van der Waals surface area contributed by atoms with Gasteiger partial charge < -0.3 is 14.4 Å². The largest absolute Gasteiger partial charge is 0.360 e. The van der Waals surface area contributed by atoms with Gasteiger partial charge in [-0.2, -0.15) is 0 Å². The van der Waals surface area contributed by atoms with E-state index in [4.69, 9.17) is 9.05 Å². The molecule has 0 radical (unpaired) electrons. The van der Waals surface area contributed by atoms with Crippen molar-refractivity contribution in [3.63, 3.8) is 0 Å². The first-order valence-electron chi connectivity index (χ1n) is 5.90. The Bertz CT molecular complexity index is 631. The van der Waals surface area contributed by atoms with Crippen LogP contribution in [0, 0.1) is 13.8 Å². The van der Waals surface area contributed by atoms with Crippen molar-refractivity contribution in [3.05, 3.63) is 23.7 Å². The molecule has 0 saturated carbocycles. The second-order valence-corrected chi connectivity index (χ2v) is 4.27. The summed E-state index contributed by atoms with van der Waals surface area (Å²) >= 11 is 0. The molecule has 2 rings (SSSR count). The van der Waals surface area contributed by atoms with Gasteiger partial charge in [-0.15, -0.1) is 0 Å². The third-order valence-electron chi connectivity index (χ3n) is 2.47. The average Bonchev–Trinajstić information content (AvgIpc) is 2.95. The third kappa shape index (κ3) is 3.22. The Morgan fingerprint density at radius 2 is 1.85 bits per heavy atom. The molecular formula is C12H14N4O4. The molecule has 0 atom stereocenters. The number of carbonyl (C=O) groups excluding carboxylic acids is 2. The lowest BCUT2D eigenvalue weighted by atomic mass is 10.4. The zero-order valence-corrected chi connectivity index (χ0v) is 11.3. The minimum atomic E-state index is -0.408. The second kappa shape index (κ2) is 5.55. The fourth-order valence-corrected chi connectivity index (χ4v) is 1.59. The van der Waals surface area contributed by atoms with E-state index in [1.807, 2.05) is 0 Å². The Balaban J connectivity index is 2.05. The lowest BCUT2D eigenvalue weighted by Gasteiger charge is -2.16. The number of aromatic nitrogens is 2. The molecular weight excluding hydrogens is 264 g/mol. The summed E-state index contributed by atoms with van der Waals surface area (Å²) in [6.07, 6.45) is 0. The summed E-state index contributed by atoms with van der Waals surface area (Å²) < 4.78 is 9.73. The number of aryl methyl sites for hydroxylation is 2. The lowest BCUT2D eigenvalue weighted by molar-refractivity contribution is -0.120. The van der Waals surface area contributed by atoms with Crippen LogP contribution in [0.2, 0.25) is 0 Å². The summed E-state index contributed by atoms with van der Waals surface area (Å²) in [5.41, 5.74) is 0. The SMILES string of the molecule is CC(=O)N(CC(=O)Nc1cc(C)on1)c1cc(C)on1. The van der Waals surface area contributed by atoms with Gasteiger partial charge in [0.05, 0.1) is 0 Å². The van der Waals surface area contributed by atoms with Gasteiger partial charge in [0.2, 0.25) is 11.8 Å². The van der Waals surface area contributed by atoms with Gasteiger partial charge in [0.15, 0.2) is 11.6 Å². The fraction of sp³-hybridized carbons (Fsp3) is 0.333. The quantitative estimate of drug-likeness (QED) is 0.903. The minimum Gasteiger partial charge on any atom is -0.360 e. The third-order valence-corrected chi connectivity index (χ3v) is 2.47. The van der Waals surface area contributed by atoms with Crippen LogP contribution in [0.1, 0.15) is 18.4 Å². The molecule has 0 fully saturated rings. The summed E-state index contributed by atoms with van der Waals surface area (Å²) in [6.45, 7) is 4.57. The van der Waals surface area contributed by atoms with Crippen molar-refractivity contribution in [2.24, 2.45) is 0 Å². The van der Waals surface area contributed by atoms with E-state index < -0.39 is 5.91 Å². The standard InChI is InChI=1S/C12H14N4O4/c1-7-4-10(14-19-7)13-12(18)6-16(9(3)17)11-5-8(2)20-15-11/h4-5H,6H2,1-3H3,(H,13,14,18). The zero-order valence-electron chi connectivity index (χ0n) is 11.3. The number of carbonyl (C=O) groups is 2. The first-order valence-corrected chi connectivity index (χ1v) is 5.90. The molecule has 0 saturated heterocycles. The van der Waals surface area contributed by atoms with E-state index in [1.165, 1.54) is 11.8 Å². The lowest BCUT2D eigenvalue weighted by Crippen LogP contribution is -2.36. The summed E-state index contributed by atoms with van der Waals surface area (Å²) in [7, 11) is 0. The maximum Gasteiger partial charge on any atom is 0.245 e. The highest BCUT2D eigenvalue weighted by Crippen LogP contribution is 2.14. The Kier molecular flexibility index (Phi) is 3.83.